The summed E-state index contributed by atoms with van der Waals surface area (Å²) >= 11 is 0. The van der Waals surface area contributed by atoms with Crippen LogP contribution in [0.15, 0.2) is 36.7 Å². The number of carbonyl (C=O) groups is 2. The normalized spacial score (nSPS) is 19.1. The zero-order valence-corrected chi connectivity index (χ0v) is 19.2. The number of nitrogens with one attached hydrogen (secondary N) is 1. The van der Waals surface area contributed by atoms with Crippen molar-refractivity contribution >= 4 is 22.7 Å². The third-order valence-corrected chi connectivity index (χ3v) is 7.03. The molecule has 0 bridgehead atoms. The summed E-state index contributed by atoms with van der Waals surface area (Å²) in [5.74, 6) is 1.02. The number of para-hydroxylation sites is 1. The van der Waals surface area contributed by atoms with E-state index in [1.165, 1.54) is 6.42 Å². The van der Waals surface area contributed by atoms with Gasteiger partial charge in [-0.25, -0.2) is 9.97 Å². The van der Waals surface area contributed by atoms with Crippen LogP contribution in [0.25, 0.3) is 10.9 Å². The second-order valence-electron chi connectivity index (χ2n) is 9.30. The van der Waals surface area contributed by atoms with Crippen molar-refractivity contribution in [3.8, 4) is 0 Å². The van der Waals surface area contributed by atoms with E-state index in [0.717, 1.165) is 73.3 Å². The predicted molar refractivity (Wildman–Crippen MR) is 127 cm³/mol. The molecule has 0 saturated carbocycles. The van der Waals surface area contributed by atoms with Gasteiger partial charge in [-0.2, -0.15) is 0 Å². The Bertz CT molecular complexity index is 1160. The van der Waals surface area contributed by atoms with Crippen LogP contribution in [0.2, 0.25) is 0 Å². The lowest BCUT2D eigenvalue weighted by Crippen LogP contribution is -2.40. The number of likely N-dealkylation sites (tertiary alicyclic amines) is 2. The van der Waals surface area contributed by atoms with E-state index in [-0.39, 0.29) is 17.7 Å². The highest BCUT2D eigenvalue weighted by molar-refractivity contribution is 5.95. The van der Waals surface area contributed by atoms with Crippen LogP contribution >= 0.6 is 0 Å². The van der Waals surface area contributed by atoms with Gasteiger partial charge in [-0.05, 0) is 50.7 Å². The fraction of sp³-hybridized carbons (Fsp3) is 0.462. The minimum absolute atomic E-state index is 0.0397. The molecule has 2 aliphatic heterocycles. The molecule has 5 rings (SSSR count). The third-order valence-electron chi connectivity index (χ3n) is 7.03. The van der Waals surface area contributed by atoms with Crippen molar-refractivity contribution < 1.29 is 9.59 Å². The Morgan fingerprint density at radius 2 is 1.85 bits per heavy atom. The number of benzene rings is 1. The maximum absolute atomic E-state index is 13.1. The number of hydrogen-bond donors (Lipinski definition) is 1. The predicted octanol–water partition coefficient (Wildman–Crippen LogP) is 3.84. The Hall–Kier alpha value is -3.22. The van der Waals surface area contributed by atoms with E-state index in [4.69, 9.17) is 4.98 Å². The number of fused-ring (bicyclic) bond motifs is 1. The lowest BCUT2D eigenvalue weighted by atomic mass is 9.96. The molecule has 2 aromatic heterocycles. The van der Waals surface area contributed by atoms with Crippen LogP contribution in [0.4, 0.5) is 0 Å². The van der Waals surface area contributed by atoms with Crippen molar-refractivity contribution in [3.05, 3.63) is 59.3 Å². The molecule has 172 valence electrons. The molecule has 1 aromatic carbocycles. The summed E-state index contributed by atoms with van der Waals surface area (Å²) in [5.41, 5.74) is 3.42. The van der Waals surface area contributed by atoms with E-state index >= 15 is 0 Å². The van der Waals surface area contributed by atoms with Crippen molar-refractivity contribution in [1.82, 2.24) is 24.8 Å². The van der Waals surface area contributed by atoms with E-state index in [1.807, 2.05) is 41.1 Å². The lowest BCUT2D eigenvalue weighted by molar-refractivity contribution is -0.131. The van der Waals surface area contributed by atoms with Gasteiger partial charge in [0.25, 0.3) is 5.91 Å². The van der Waals surface area contributed by atoms with Gasteiger partial charge in [0, 0.05) is 55.4 Å². The maximum Gasteiger partial charge on any atom is 0.257 e. The third kappa shape index (κ3) is 4.49. The highest BCUT2D eigenvalue weighted by Gasteiger charge is 2.28. The lowest BCUT2D eigenvalue weighted by Gasteiger charge is -2.32. The molecule has 4 heterocycles. The molecule has 7 nitrogen and oxygen atoms in total. The van der Waals surface area contributed by atoms with Crippen molar-refractivity contribution in [2.75, 3.05) is 26.2 Å². The number of nitrogens with zero attached hydrogens (tertiary/aromatic N) is 4. The van der Waals surface area contributed by atoms with Gasteiger partial charge in [-0.3, -0.25) is 9.59 Å². The Morgan fingerprint density at radius 1 is 1.06 bits per heavy atom. The van der Waals surface area contributed by atoms with E-state index < -0.39 is 0 Å². The van der Waals surface area contributed by atoms with Gasteiger partial charge in [-0.1, -0.05) is 18.2 Å². The average molecular weight is 446 g/mol. The van der Waals surface area contributed by atoms with Gasteiger partial charge in [-0.15, -0.1) is 0 Å². The number of carbonyl (C=O) groups excluding carboxylic acids is 2. The second-order valence-corrected chi connectivity index (χ2v) is 9.30. The first kappa shape index (κ1) is 21.6. The molecule has 2 aliphatic rings. The minimum Gasteiger partial charge on any atom is -0.361 e. The first-order chi connectivity index (χ1) is 16.1. The summed E-state index contributed by atoms with van der Waals surface area (Å²) in [6.45, 7) is 4.92. The minimum atomic E-state index is 0.0397. The molecule has 2 amide bonds. The number of hydrogen-bond acceptors (Lipinski definition) is 4. The number of piperidine rings is 2. The number of rotatable bonds is 4. The topological polar surface area (TPSA) is 82.2 Å². The van der Waals surface area contributed by atoms with Crippen molar-refractivity contribution in [1.29, 1.82) is 0 Å². The zero-order chi connectivity index (χ0) is 22.8. The first-order valence-corrected chi connectivity index (χ1v) is 12.1. The quantitative estimate of drug-likeness (QED) is 0.662. The SMILES string of the molecule is Cc1nc([C@@H]2CCCN(C(=O)Cc3c[nH]c4ccccc34)C2)ncc1C(=O)N1CCCCC1. The second kappa shape index (κ2) is 9.33. The van der Waals surface area contributed by atoms with E-state index in [9.17, 15) is 9.59 Å². The number of amides is 2. The summed E-state index contributed by atoms with van der Waals surface area (Å²) in [4.78, 5) is 42.4. The van der Waals surface area contributed by atoms with E-state index in [1.54, 1.807) is 6.20 Å². The van der Waals surface area contributed by atoms with Crippen LogP contribution < -0.4 is 0 Å². The Balaban J connectivity index is 1.27. The monoisotopic (exact) mass is 445 g/mol. The fourth-order valence-corrected chi connectivity index (χ4v) is 5.13. The van der Waals surface area contributed by atoms with Gasteiger partial charge in [0.15, 0.2) is 0 Å². The van der Waals surface area contributed by atoms with Gasteiger partial charge in [0.2, 0.25) is 5.91 Å². The summed E-state index contributed by atoms with van der Waals surface area (Å²) in [6, 6.07) is 8.07. The Morgan fingerprint density at radius 3 is 2.67 bits per heavy atom. The fourth-order valence-electron chi connectivity index (χ4n) is 5.13. The molecule has 1 N–H and O–H groups in total. The molecule has 7 heteroatoms. The molecule has 3 aromatic rings. The molecule has 0 radical (unpaired) electrons. The van der Waals surface area contributed by atoms with Gasteiger partial charge >= 0.3 is 0 Å². The summed E-state index contributed by atoms with van der Waals surface area (Å²) in [7, 11) is 0. The van der Waals surface area contributed by atoms with Crippen LogP contribution in [-0.2, 0) is 11.2 Å². The molecule has 0 unspecified atom stereocenters. The molecule has 2 saturated heterocycles. The number of aromatic amines is 1. The molecular formula is C26H31N5O2. The van der Waals surface area contributed by atoms with Crippen LogP contribution in [0.3, 0.4) is 0 Å². The molecule has 0 spiro atoms. The zero-order valence-electron chi connectivity index (χ0n) is 19.2. The Kier molecular flexibility index (Phi) is 6.11. The summed E-state index contributed by atoms with van der Waals surface area (Å²) < 4.78 is 0. The smallest absolute Gasteiger partial charge is 0.257 e. The highest BCUT2D eigenvalue weighted by atomic mass is 16.2. The summed E-state index contributed by atoms with van der Waals surface area (Å²) in [6.07, 6.45) is 9.23. The van der Waals surface area contributed by atoms with Crippen LogP contribution in [-0.4, -0.2) is 62.7 Å². The average Bonchev–Trinajstić information content (AvgIpc) is 3.27. The van der Waals surface area contributed by atoms with Crippen molar-refractivity contribution in [3.63, 3.8) is 0 Å². The molecule has 1 atom stereocenters. The largest absolute Gasteiger partial charge is 0.361 e. The van der Waals surface area contributed by atoms with Crippen molar-refractivity contribution in [2.24, 2.45) is 0 Å². The van der Waals surface area contributed by atoms with E-state index in [0.29, 0.717) is 18.5 Å². The molecule has 33 heavy (non-hydrogen) atoms. The maximum atomic E-state index is 13.1. The van der Waals surface area contributed by atoms with Gasteiger partial charge in [0.05, 0.1) is 17.7 Å². The molecule has 0 aliphatic carbocycles. The van der Waals surface area contributed by atoms with E-state index in [2.05, 4.69) is 16.0 Å². The standard InChI is InChI=1S/C26H31N5O2/c1-18-22(26(33)30-11-5-2-6-12-30)16-28-25(29-18)19-8-7-13-31(17-19)24(32)14-20-15-27-23-10-4-3-9-21(20)23/h3-4,9-10,15-16,19,27H,2,5-8,11-14,17H2,1H3/t19-/m1/s1. The number of aromatic nitrogens is 3. The van der Waals surface area contributed by atoms with Gasteiger partial charge in [0.1, 0.15) is 5.82 Å². The van der Waals surface area contributed by atoms with Crippen molar-refractivity contribution in [2.45, 2.75) is 51.4 Å². The van der Waals surface area contributed by atoms with Crippen LogP contribution in [0.5, 0.6) is 0 Å². The highest BCUT2D eigenvalue weighted by Crippen LogP contribution is 2.27. The first-order valence-electron chi connectivity index (χ1n) is 12.1. The number of aryl methyl sites for hydroxylation is 1. The van der Waals surface area contributed by atoms with Crippen LogP contribution in [0.1, 0.15) is 65.5 Å². The van der Waals surface area contributed by atoms with Gasteiger partial charge < -0.3 is 14.8 Å². The molecule has 2 fully saturated rings. The molecular weight excluding hydrogens is 414 g/mol. The Labute approximate surface area is 194 Å². The number of H-pyrrole nitrogens is 1. The van der Waals surface area contributed by atoms with Crippen LogP contribution in [0, 0.1) is 6.92 Å². The summed E-state index contributed by atoms with van der Waals surface area (Å²) in [5, 5.41) is 1.10.